The lowest BCUT2D eigenvalue weighted by Crippen LogP contribution is -2.49. The molecule has 154 valence electrons. The van der Waals surface area contributed by atoms with Gasteiger partial charge < -0.3 is 20.0 Å². The summed E-state index contributed by atoms with van der Waals surface area (Å²) in [5, 5.41) is 8.15. The van der Waals surface area contributed by atoms with Crippen LogP contribution in [0, 0.1) is 0 Å². The van der Waals surface area contributed by atoms with E-state index in [2.05, 4.69) is 63.0 Å². The van der Waals surface area contributed by atoms with Gasteiger partial charge in [-0.2, -0.15) is 0 Å². The molecule has 1 aliphatic rings. The normalized spacial score (nSPS) is 15.2. The van der Waals surface area contributed by atoms with Gasteiger partial charge in [0.05, 0.1) is 0 Å². The van der Waals surface area contributed by atoms with Crippen LogP contribution in [0.4, 0.5) is 5.69 Å². The van der Waals surface area contributed by atoms with E-state index in [1.54, 1.807) is 0 Å². The van der Waals surface area contributed by atoms with Crippen LogP contribution in [0.1, 0.15) is 18.6 Å². The largest absolute Gasteiger partial charge is 0.461 e. The molecule has 0 bridgehead atoms. The molecule has 0 spiro atoms. The number of nitrogens with zero attached hydrogens (tertiary/aromatic N) is 2. The zero-order valence-electron chi connectivity index (χ0n) is 16.8. The van der Waals surface area contributed by atoms with E-state index in [0.717, 1.165) is 61.6 Å². The third-order valence-electron chi connectivity index (χ3n) is 5.32. The molecule has 2 N–H and O–H groups in total. The number of aliphatic imine (C=N–C) groups is 1. The summed E-state index contributed by atoms with van der Waals surface area (Å²) in [6.07, 6.45) is 3.06. The highest BCUT2D eigenvalue weighted by atomic mass is 127. The van der Waals surface area contributed by atoms with E-state index in [1.165, 1.54) is 5.69 Å². The van der Waals surface area contributed by atoms with Crippen LogP contribution in [-0.4, -0.2) is 38.7 Å². The highest BCUT2D eigenvalue weighted by Crippen LogP contribution is 2.20. The first-order chi connectivity index (χ1) is 13.8. The molecule has 1 aliphatic heterocycles. The molecule has 1 aromatic heterocycles. The van der Waals surface area contributed by atoms with Crippen molar-refractivity contribution in [3.63, 3.8) is 0 Å². The summed E-state index contributed by atoms with van der Waals surface area (Å²) >= 11 is 0. The Morgan fingerprint density at radius 1 is 1.07 bits per heavy atom. The molecule has 6 heteroatoms. The van der Waals surface area contributed by atoms with Crippen LogP contribution in [0.2, 0.25) is 0 Å². The lowest BCUT2D eigenvalue weighted by atomic mass is 10.0. The third kappa shape index (κ3) is 5.65. The van der Waals surface area contributed by atoms with E-state index in [9.17, 15) is 0 Å². The molecule has 1 saturated heterocycles. The lowest BCUT2D eigenvalue weighted by Gasteiger charge is -2.34. The number of furan rings is 1. The number of fused-ring (bicyclic) bond motifs is 1. The number of nitrogens with one attached hydrogen (secondary N) is 2. The van der Waals surface area contributed by atoms with E-state index in [0.29, 0.717) is 6.04 Å². The van der Waals surface area contributed by atoms with Gasteiger partial charge in [0.1, 0.15) is 11.3 Å². The molecule has 4 rings (SSSR count). The van der Waals surface area contributed by atoms with Crippen molar-refractivity contribution in [2.45, 2.75) is 25.3 Å². The Morgan fingerprint density at radius 3 is 2.52 bits per heavy atom. The molecular weight excluding hydrogens is 475 g/mol. The highest BCUT2D eigenvalue weighted by molar-refractivity contribution is 14.0. The summed E-state index contributed by atoms with van der Waals surface area (Å²) in [5.41, 5.74) is 2.26. The van der Waals surface area contributed by atoms with E-state index >= 15 is 0 Å². The van der Waals surface area contributed by atoms with Gasteiger partial charge in [0.2, 0.25) is 0 Å². The van der Waals surface area contributed by atoms with Gasteiger partial charge in [0.25, 0.3) is 0 Å². The van der Waals surface area contributed by atoms with Crippen molar-refractivity contribution in [2.75, 3.05) is 31.6 Å². The number of hydrogen-bond donors (Lipinski definition) is 2. The molecule has 0 radical (unpaired) electrons. The Labute approximate surface area is 189 Å². The number of para-hydroxylation sites is 2. The summed E-state index contributed by atoms with van der Waals surface area (Å²) in [6, 6.07) is 21.4. The molecule has 0 atom stereocenters. The molecule has 0 unspecified atom stereocenters. The quantitative estimate of drug-likeness (QED) is 0.307. The first-order valence-corrected chi connectivity index (χ1v) is 10.1. The molecule has 0 aliphatic carbocycles. The maximum atomic E-state index is 5.88. The minimum atomic E-state index is 0. The predicted octanol–water partition coefficient (Wildman–Crippen LogP) is 4.43. The molecule has 0 amide bonds. The van der Waals surface area contributed by atoms with Crippen LogP contribution in [0.15, 0.2) is 70.1 Å². The second kappa shape index (κ2) is 10.5. The van der Waals surface area contributed by atoms with Crippen LogP contribution in [0.25, 0.3) is 11.0 Å². The summed E-state index contributed by atoms with van der Waals surface area (Å²) in [4.78, 5) is 6.84. The van der Waals surface area contributed by atoms with Crippen molar-refractivity contribution in [1.82, 2.24) is 10.6 Å². The van der Waals surface area contributed by atoms with Gasteiger partial charge in [-0.15, -0.1) is 24.0 Å². The summed E-state index contributed by atoms with van der Waals surface area (Å²) in [7, 11) is 1.83. The van der Waals surface area contributed by atoms with Gasteiger partial charge in [0, 0.05) is 50.2 Å². The van der Waals surface area contributed by atoms with Crippen LogP contribution in [0.5, 0.6) is 0 Å². The number of guanidine groups is 1. The molecule has 5 nitrogen and oxygen atoms in total. The third-order valence-corrected chi connectivity index (χ3v) is 5.32. The number of anilines is 1. The average Bonchev–Trinajstić information content (AvgIpc) is 3.17. The molecule has 2 aromatic carbocycles. The van der Waals surface area contributed by atoms with E-state index in [4.69, 9.17) is 4.42 Å². The van der Waals surface area contributed by atoms with Crippen molar-refractivity contribution in [3.8, 4) is 0 Å². The second-order valence-electron chi connectivity index (χ2n) is 7.24. The fraction of sp³-hybridized carbons (Fsp3) is 0.348. The first-order valence-electron chi connectivity index (χ1n) is 10.1. The van der Waals surface area contributed by atoms with Crippen molar-refractivity contribution in [1.29, 1.82) is 0 Å². The summed E-state index contributed by atoms with van der Waals surface area (Å²) < 4.78 is 5.88. The number of piperidine rings is 1. The van der Waals surface area contributed by atoms with E-state index in [1.807, 2.05) is 25.2 Å². The minimum Gasteiger partial charge on any atom is -0.461 e. The summed E-state index contributed by atoms with van der Waals surface area (Å²) in [5.74, 6) is 1.87. The lowest BCUT2D eigenvalue weighted by molar-refractivity contribution is 0.461. The van der Waals surface area contributed by atoms with Gasteiger partial charge in [-0.05, 0) is 37.1 Å². The molecular formula is C23H29IN4O. The Bertz CT molecular complexity index is 884. The SMILES string of the molecule is CN=C(NCCc1cc2ccccc2o1)NC1CCN(c2ccccc2)CC1.I. The number of benzene rings is 2. The van der Waals surface area contributed by atoms with Crippen LogP contribution < -0.4 is 15.5 Å². The maximum absolute atomic E-state index is 5.88. The van der Waals surface area contributed by atoms with Gasteiger partial charge >= 0.3 is 0 Å². The van der Waals surface area contributed by atoms with E-state index in [-0.39, 0.29) is 24.0 Å². The zero-order valence-corrected chi connectivity index (χ0v) is 19.1. The van der Waals surface area contributed by atoms with Gasteiger partial charge in [0.15, 0.2) is 5.96 Å². The van der Waals surface area contributed by atoms with Gasteiger partial charge in [-0.1, -0.05) is 36.4 Å². The standard InChI is InChI=1S/C23H28N4O.HI/c1-24-23(25-14-11-21-17-18-7-5-6-10-22(18)28-21)26-19-12-15-27(16-13-19)20-8-3-2-4-9-20;/h2-10,17,19H,11-16H2,1H3,(H2,24,25,26);1H. The Morgan fingerprint density at radius 2 is 1.79 bits per heavy atom. The molecule has 29 heavy (non-hydrogen) atoms. The topological polar surface area (TPSA) is 52.8 Å². The average molecular weight is 504 g/mol. The Hall–Kier alpha value is -2.22. The van der Waals surface area contributed by atoms with Gasteiger partial charge in [-0.25, -0.2) is 0 Å². The Balaban J connectivity index is 0.00000240. The van der Waals surface area contributed by atoms with Crippen molar-refractivity contribution in [3.05, 3.63) is 66.4 Å². The van der Waals surface area contributed by atoms with Crippen molar-refractivity contribution >= 4 is 46.6 Å². The second-order valence-corrected chi connectivity index (χ2v) is 7.24. The number of rotatable bonds is 5. The van der Waals surface area contributed by atoms with Crippen LogP contribution >= 0.6 is 24.0 Å². The maximum Gasteiger partial charge on any atom is 0.191 e. The first kappa shape index (κ1) is 21.5. The minimum absolute atomic E-state index is 0. The smallest absolute Gasteiger partial charge is 0.191 e. The fourth-order valence-corrected chi connectivity index (χ4v) is 3.77. The predicted molar refractivity (Wildman–Crippen MR) is 132 cm³/mol. The van der Waals surface area contributed by atoms with E-state index < -0.39 is 0 Å². The van der Waals surface area contributed by atoms with Crippen LogP contribution in [-0.2, 0) is 6.42 Å². The highest BCUT2D eigenvalue weighted by Gasteiger charge is 2.20. The molecule has 2 heterocycles. The summed E-state index contributed by atoms with van der Waals surface area (Å²) in [6.45, 7) is 2.93. The van der Waals surface area contributed by atoms with Crippen molar-refractivity contribution < 1.29 is 4.42 Å². The van der Waals surface area contributed by atoms with Crippen molar-refractivity contribution in [2.24, 2.45) is 4.99 Å². The molecule has 0 saturated carbocycles. The fourth-order valence-electron chi connectivity index (χ4n) is 3.77. The number of hydrogen-bond acceptors (Lipinski definition) is 3. The molecule has 1 fully saturated rings. The zero-order chi connectivity index (χ0) is 19.2. The van der Waals surface area contributed by atoms with Crippen LogP contribution in [0.3, 0.4) is 0 Å². The number of halogens is 1. The monoisotopic (exact) mass is 504 g/mol. The van der Waals surface area contributed by atoms with Gasteiger partial charge in [-0.3, -0.25) is 4.99 Å². The Kier molecular flexibility index (Phi) is 7.80. The molecule has 3 aromatic rings.